The SMILES string of the molecule is CC(CCCCCCC(c1ccccc1)(c1ccccc1)c1ccccc1)C(=O)OC(=O)C(C)CCCCCCC(c1ccccc1)(c1ccccc1)c1ccccc1. The summed E-state index contributed by atoms with van der Waals surface area (Å²) >= 11 is 0. The lowest BCUT2D eigenvalue weighted by Gasteiger charge is -2.36. The summed E-state index contributed by atoms with van der Waals surface area (Å²) in [6, 6.07) is 65.2. The summed E-state index contributed by atoms with van der Waals surface area (Å²) in [7, 11) is 0. The molecule has 0 saturated carbocycles. The Morgan fingerprint density at radius 2 is 0.576 bits per heavy atom. The van der Waals surface area contributed by atoms with E-state index in [-0.39, 0.29) is 22.7 Å². The number of unbranched alkanes of at least 4 members (excludes halogenated alkanes) is 6. The maximum absolute atomic E-state index is 13.0. The monoisotopic (exact) mass is 782 g/mol. The van der Waals surface area contributed by atoms with Gasteiger partial charge in [0.2, 0.25) is 0 Å². The molecule has 0 bridgehead atoms. The molecule has 2 unspecified atom stereocenters. The molecule has 304 valence electrons. The molecule has 6 aromatic rings. The Bertz CT molecular complexity index is 1750. The van der Waals surface area contributed by atoms with Gasteiger partial charge < -0.3 is 4.74 Å². The van der Waals surface area contributed by atoms with Crippen LogP contribution in [0.5, 0.6) is 0 Å². The highest BCUT2D eigenvalue weighted by molar-refractivity contribution is 5.87. The normalized spacial score (nSPS) is 12.7. The number of rotatable bonds is 22. The highest BCUT2D eigenvalue weighted by Gasteiger charge is 2.37. The standard InChI is InChI=1S/C56H62O3/c1-45(29-13-3-5-27-43-55(47-31-15-7-16-32-47,48-33-17-8-18-34-48)49-35-19-9-20-36-49)53(57)59-54(58)46(2)30-14-4-6-28-44-56(50-37-21-10-22-38-50,51-39-23-11-24-40-51)52-41-25-12-26-42-52/h7-12,15-26,31-42,45-46H,3-6,13-14,27-30,43-44H2,1-2H3. The average molecular weight is 783 g/mol. The fourth-order valence-electron chi connectivity index (χ4n) is 9.13. The fraction of sp³-hybridized carbons (Fsp3) is 0.321. The van der Waals surface area contributed by atoms with Gasteiger partial charge in [-0.1, -0.05) is 247 Å². The van der Waals surface area contributed by atoms with Gasteiger partial charge in [-0.2, -0.15) is 0 Å². The minimum absolute atomic E-state index is 0.239. The number of carbonyl (C=O) groups is 2. The first-order chi connectivity index (χ1) is 28.9. The number of esters is 2. The van der Waals surface area contributed by atoms with Gasteiger partial charge >= 0.3 is 11.9 Å². The third kappa shape index (κ3) is 10.9. The molecule has 0 saturated heterocycles. The number of ether oxygens (including phenoxy) is 1. The van der Waals surface area contributed by atoms with E-state index in [9.17, 15) is 9.59 Å². The van der Waals surface area contributed by atoms with Crippen molar-refractivity contribution in [3.05, 3.63) is 215 Å². The van der Waals surface area contributed by atoms with Crippen molar-refractivity contribution >= 4 is 11.9 Å². The molecule has 0 radical (unpaired) electrons. The Labute approximate surface area is 353 Å². The summed E-state index contributed by atoms with van der Waals surface area (Å²) in [5, 5.41) is 0. The largest absolute Gasteiger partial charge is 0.393 e. The Morgan fingerprint density at radius 3 is 0.814 bits per heavy atom. The lowest BCUT2D eigenvalue weighted by atomic mass is 9.66. The van der Waals surface area contributed by atoms with Gasteiger partial charge in [0.1, 0.15) is 0 Å². The minimum atomic E-state index is -0.392. The van der Waals surface area contributed by atoms with Gasteiger partial charge in [-0.15, -0.1) is 0 Å². The number of hydrogen-bond donors (Lipinski definition) is 0. The van der Waals surface area contributed by atoms with Crippen molar-refractivity contribution in [2.45, 2.75) is 102 Å². The van der Waals surface area contributed by atoms with Crippen LogP contribution in [-0.4, -0.2) is 11.9 Å². The first-order valence-electron chi connectivity index (χ1n) is 22.0. The second-order valence-corrected chi connectivity index (χ2v) is 16.5. The first-order valence-corrected chi connectivity index (χ1v) is 22.0. The van der Waals surface area contributed by atoms with E-state index in [1.807, 2.05) is 13.8 Å². The second kappa shape index (κ2) is 22.0. The molecule has 0 aromatic heterocycles. The number of hydrogen-bond acceptors (Lipinski definition) is 3. The van der Waals surface area contributed by atoms with Crippen LogP contribution in [0.4, 0.5) is 0 Å². The molecule has 3 nitrogen and oxygen atoms in total. The highest BCUT2D eigenvalue weighted by Crippen LogP contribution is 2.45. The van der Waals surface area contributed by atoms with Gasteiger partial charge in [0.25, 0.3) is 0 Å². The topological polar surface area (TPSA) is 43.4 Å². The third-order valence-corrected chi connectivity index (χ3v) is 12.5. The maximum Gasteiger partial charge on any atom is 0.316 e. The highest BCUT2D eigenvalue weighted by atomic mass is 16.6. The van der Waals surface area contributed by atoms with E-state index in [0.29, 0.717) is 0 Å². The Kier molecular flexibility index (Phi) is 16.1. The van der Waals surface area contributed by atoms with Crippen LogP contribution in [0.2, 0.25) is 0 Å². The van der Waals surface area contributed by atoms with Crippen molar-refractivity contribution in [2.24, 2.45) is 11.8 Å². The summed E-state index contributed by atoms with van der Waals surface area (Å²) in [5.74, 6) is -1.39. The van der Waals surface area contributed by atoms with E-state index < -0.39 is 11.9 Å². The molecule has 0 aliphatic carbocycles. The molecule has 3 heteroatoms. The van der Waals surface area contributed by atoms with Crippen LogP contribution in [0, 0.1) is 11.8 Å². The van der Waals surface area contributed by atoms with Crippen molar-refractivity contribution in [3.8, 4) is 0 Å². The molecule has 0 N–H and O–H groups in total. The predicted molar refractivity (Wildman–Crippen MR) is 243 cm³/mol. The molecule has 0 heterocycles. The van der Waals surface area contributed by atoms with E-state index >= 15 is 0 Å². The first kappa shape index (κ1) is 43.0. The Balaban J connectivity index is 0.934. The Morgan fingerprint density at radius 1 is 0.356 bits per heavy atom. The number of benzene rings is 6. The van der Waals surface area contributed by atoms with Gasteiger partial charge in [-0.3, -0.25) is 9.59 Å². The van der Waals surface area contributed by atoms with Crippen molar-refractivity contribution in [1.29, 1.82) is 0 Å². The van der Waals surface area contributed by atoms with Crippen LogP contribution in [0.15, 0.2) is 182 Å². The molecular formula is C56H62O3. The minimum Gasteiger partial charge on any atom is -0.393 e. The van der Waals surface area contributed by atoms with Crippen LogP contribution in [0.25, 0.3) is 0 Å². The van der Waals surface area contributed by atoms with Gasteiger partial charge in [0.05, 0.1) is 11.8 Å². The summed E-state index contributed by atoms with van der Waals surface area (Å²) in [6.07, 6.45) is 11.6. The van der Waals surface area contributed by atoms with Crippen LogP contribution < -0.4 is 0 Å². The van der Waals surface area contributed by atoms with Crippen LogP contribution in [0.3, 0.4) is 0 Å². The molecule has 0 aliphatic heterocycles. The molecule has 0 amide bonds. The molecule has 6 aromatic carbocycles. The molecule has 0 aliphatic rings. The van der Waals surface area contributed by atoms with Crippen LogP contribution in [-0.2, 0) is 25.2 Å². The third-order valence-electron chi connectivity index (χ3n) is 12.5. The fourth-order valence-corrected chi connectivity index (χ4v) is 9.13. The number of carbonyl (C=O) groups excluding carboxylic acids is 2. The van der Waals surface area contributed by atoms with E-state index in [4.69, 9.17) is 4.74 Å². The van der Waals surface area contributed by atoms with Gasteiger partial charge in [-0.25, -0.2) is 0 Å². The molecule has 0 fully saturated rings. The van der Waals surface area contributed by atoms with E-state index in [2.05, 4.69) is 182 Å². The zero-order chi connectivity index (χ0) is 41.2. The zero-order valence-corrected chi connectivity index (χ0v) is 35.2. The maximum atomic E-state index is 13.0. The summed E-state index contributed by atoms with van der Waals surface area (Å²) < 4.78 is 5.44. The molecule has 6 rings (SSSR count). The Hall–Kier alpha value is -5.54. The van der Waals surface area contributed by atoms with Crippen LogP contribution >= 0.6 is 0 Å². The van der Waals surface area contributed by atoms with Crippen molar-refractivity contribution < 1.29 is 14.3 Å². The van der Waals surface area contributed by atoms with E-state index in [0.717, 1.165) is 77.0 Å². The van der Waals surface area contributed by atoms with Crippen molar-refractivity contribution in [1.82, 2.24) is 0 Å². The smallest absolute Gasteiger partial charge is 0.316 e. The predicted octanol–water partition coefficient (Wildman–Crippen LogP) is 14.1. The lowest BCUT2D eigenvalue weighted by molar-refractivity contribution is -0.165. The van der Waals surface area contributed by atoms with Gasteiger partial charge in [-0.05, 0) is 59.1 Å². The van der Waals surface area contributed by atoms with Crippen molar-refractivity contribution in [3.63, 3.8) is 0 Å². The lowest BCUT2D eigenvalue weighted by Crippen LogP contribution is -2.29. The molecular weight excluding hydrogens is 721 g/mol. The summed E-state index contributed by atoms with van der Waals surface area (Å²) in [6.45, 7) is 3.79. The second-order valence-electron chi connectivity index (χ2n) is 16.5. The van der Waals surface area contributed by atoms with Gasteiger partial charge in [0.15, 0.2) is 0 Å². The quantitative estimate of drug-likeness (QED) is 0.0298. The van der Waals surface area contributed by atoms with Crippen molar-refractivity contribution in [2.75, 3.05) is 0 Å². The van der Waals surface area contributed by atoms with E-state index in [1.54, 1.807) is 0 Å². The van der Waals surface area contributed by atoms with Crippen LogP contribution in [0.1, 0.15) is 124 Å². The van der Waals surface area contributed by atoms with Gasteiger partial charge in [0, 0.05) is 10.8 Å². The van der Waals surface area contributed by atoms with E-state index in [1.165, 1.54) is 33.4 Å². The molecule has 2 atom stereocenters. The molecule has 59 heavy (non-hydrogen) atoms. The average Bonchev–Trinajstić information content (AvgIpc) is 3.30. The summed E-state index contributed by atoms with van der Waals surface area (Å²) in [4.78, 5) is 26.0. The summed E-state index contributed by atoms with van der Waals surface area (Å²) in [5.41, 5.74) is 7.36. The zero-order valence-electron chi connectivity index (χ0n) is 35.2. The molecule has 0 spiro atoms.